The molecule has 0 radical (unpaired) electrons. The number of hydrogen-bond acceptors (Lipinski definition) is 5. The highest BCUT2D eigenvalue weighted by atomic mass is 35.5. The van der Waals surface area contributed by atoms with Crippen LogP contribution in [0.15, 0.2) is 36.7 Å². The maximum absolute atomic E-state index is 12.4. The van der Waals surface area contributed by atoms with Crippen LogP contribution in [0.2, 0.25) is 5.02 Å². The number of nitriles is 1. The summed E-state index contributed by atoms with van der Waals surface area (Å²) in [6.07, 6.45) is 4.57. The SMILES string of the molecule is N#Cc1nccnc1O[C@@H]1CCN(C(=O)CCc2cccc(Cl)c2)C1. The molecule has 25 heavy (non-hydrogen) atoms. The van der Waals surface area contributed by atoms with E-state index in [0.29, 0.717) is 37.4 Å². The molecule has 128 valence electrons. The van der Waals surface area contributed by atoms with E-state index >= 15 is 0 Å². The van der Waals surface area contributed by atoms with Crippen LogP contribution < -0.4 is 4.74 Å². The molecule has 7 heteroatoms. The zero-order valence-electron chi connectivity index (χ0n) is 13.6. The molecular weight excluding hydrogens is 340 g/mol. The van der Waals surface area contributed by atoms with Gasteiger partial charge in [0.05, 0.1) is 6.54 Å². The number of carbonyl (C=O) groups is 1. The lowest BCUT2D eigenvalue weighted by molar-refractivity contribution is -0.130. The van der Waals surface area contributed by atoms with Crippen LogP contribution in [-0.4, -0.2) is 40.0 Å². The van der Waals surface area contributed by atoms with E-state index < -0.39 is 0 Å². The number of hydrogen-bond donors (Lipinski definition) is 0. The van der Waals surface area contributed by atoms with Crippen LogP contribution in [-0.2, 0) is 11.2 Å². The molecule has 2 aromatic rings. The molecule has 0 N–H and O–H groups in total. The lowest BCUT2D eigenvalue weighted by Gasteiger charge is -2.17. The fourth-order valence-electron chi connectivity index (χ4n) is 2.80. The molecule has 3 rings (SSSR count). The summed E-state index contributed by atoms with van der Waals surface area (Å²) in [5.41, 5.74) is 1.21. The Labute approximate surface area is 151 Å². The van der Waals surface area contributed by atoms with E-state index in [2.05, 4.69) is 9.97 Å². The lowest BCUT2D eigenvalue weighted by atomic mass is 10.1. The summed E-state index contributed by atoms with van der Waals surface area (Å²) < 4.78 is 5.75. The zero-order chi connectivity index (χ0) is 17.6. The molecule has 1 aromatic heterocycles. The third-order valence-corrected chi connectivity index (χ3v) is 4.30. The second kappa shape index (κ2) is 7.95. The fraction of sp³-hybridized carbons (Fsp3) is 0.333. The normalized spacial score (nSPS) is 16.5. The Morgan fingerprint density at radius 2 is 2.24 bits per heavy atom. The van der Waals surface area contributed by atoms with Crippen molar-refractivity contribution in [1.82, 2.24) is 14.9 Å². The molecule has 1 aromatic carbocycles. The van der Waals surface area contributed by atoms with Crippen LogP contribution in [0.25, 0.3) is 0 Å². The number of benzene rings is 1. The van der Waals surface area contributed by atoms with Gasteiger partial charge in [-0.25, -0.2) is 9.97 Å². The Morgan fingerprint density at radius 1 is 1.40 bits per heavy atom. The number of aromatic nitrogens is 2. The first-order chi connectivity index (χ1) is 12.2. The third-order valence-electron chi connectivity index (χ3n) is 4.06. The van der Waals surface area contributed by atoms with Crippen LogP contribution in [0.5, 0.6) is 5.88 Å². The lowest BCUT2D eigenvalue weighted by Crippen LogP contribution is -2.31. The topological polar surface area (TPSA) is 79.1 Å². The summed E-state index contributed by atoms with van der Waals surface area (Å²) in [6, 6.07) is 9.50. The van der Waals surface area contributed by atoms with Crippen LogP contribution >= 0.6 is 11.6 Å². The predicted octanol–water partition coefficient (Wildman–Crippen LogP) is 2.61. The Morgan fingerprint density at radius 3 is 3.04 bits per heavy atom. The van der Waals surface area contributed by atoms with E-state index in [4.69, 9.17) is 21.6 Å². The van der Waals surface area contributed by atoms with Gasteiger partial charge < -0.3 is 9.64 Å². The van der Waals surface area contributed by atoms with Gasteiger partial charge in [0.1, 0.15) is 12.2 Å². The number of carbonyl (C=O) groups excluding carboxylic acids is 1. The Bertz CT molecular complexity index is 806. The van der Waals surface area contributed by atoms with E-state index in [-0.39, 0.29) is 23.6 Å². The van der Waals surface area contributed by atoms with Crippen LogP contribution in [0.4, 0.5) is 0 Å². The van der Waals surface area contributed by atoms with Gasteiger partial charge in [-0.2, -0.15) is 5.26 Å². The highest BCUT2D eigenvalue weighted by Crippen LogP contribution is 2.19. The highest BCUT2D eigenvalue weighted by Gasteiger charge is 2.28. The molecule has 0 spiro atoms. The largest absolute Gasteiger partial charge is 0.470 e. The van der Waals surface area contributed by atoms with Crippen molar-refractivity contribution in [3.05, 3.63) is 52.9 Å². The fourth-order valence-corrected chi connectivity index (χ4v) is 3.01. The van der Waals surface area contributed by atoms with Crippen molar-refractivity contribution >= 4 is 17.5 Å². The molecule has 1 amide bonds. The van der Waals surface area contributed by atoms with Gasteiger partial charge in [-0.1, -0.05) is 23.7 Å². The van der Waals surface area contributed by atoms with E-state index in [1.165, 1.54) is 12.4 Å². The molecule has 2 heterocycles. The van der Waals surface area contributed by atoms with E-state index in [1.807, 2.05) is 30.3 Å². The molecule has 6 nitrogen and oxygen atoms in total. The van der Waals surface area contributed by atoms with E-state index in [1.54, 1.807) is 4.90 Å². The second-order valence-electron chi connectivity index (χ2n) is 5.82. The number of halogens is 1. The van der Waals surface area contributed by atoms with Crippen molar-refractivity contribution in [1.29, 1.82) is 5.26 Å². The monoisotopic (exact) mass is 356 g/mol. The summed E-state index contributed by atoms with van der Waals surface area (Å²) in [7, 11) is 0. The first-order valence-corrected chi connectivity index (χ1v) is 8.43. The molecule has 1 fully saturated rings. The number of likely N-dealkylation sites (tertiary alicyclic amines) is 1. The summed E-state index contributed by atoms with van der Waals surface area (Å²) >= 11 is 5.96. The van der Waals surface area contributed by atoms with Crippen molar-refractivity contribution in [2.75, 3.05) is 13.1 Å². The molecule has 1 atom stereocenters. The Balaban J connectivity index is 1.52. The third kappa shape index (κ3) is 4.46. The Hall–Kier alpha value is -2.65. The Kier molecular flexibility index (Phi) is 5.46. The quantitative estimate of drug-likeness (QED) is 0.822. The standard InChI is InChI=1S/C18H17ClN4O2/c19-14-3-1-2-13(10-14)4-5-17(24)23-9-6-15(12-23)25-18-16(11-20)21-7-8-22-18/h1-3,7-8,10,15H,4-6,9,12H2/t15-/m1/s1. The molecule has 0 aliphatic carbocycles. The zero-order valence-corrected chi connectivity index (χ0v) is 14.3. The van der Waals surface area contributed by atoms with E-state index in [9.17, 15) is 4.79 Å². The van der Waals surface area contributed by atoms with Gasteiger partial charge >= 0.3 is 0 Å². The number of amides is 1. The molecule has 1 aliphatic heterocycles. The summed E-state index contributed by atoms with van der Waals surface area (Å²) in [4.78, 5) is 22.1. The van der Waals surface area contributed by atoms with Gasteiger partial charge in [0.25, 0.3) is 5.88 Å². The molecule has 0 unspecified atom stereocenters. The molecular formula is C18H17ClN4O2. The molecule has 1 aliphatic rings. The summed E-state index contributed by atoms with van der Waals surface area (Å²) in [5, 5.41) is 9.70. The van der Waals surface area contributed by atoms with Crippen molar-refractivity contribution in [2.24, 2.45) is 0 Å². The van der Waals surface area contributed by atoms with Crippen LogP contribution in [0, 0.1) is 11.3 Å². The van der Waals surface area contributed by atoms with Crippen molar-refractivity contribution in [2.45, 2.75) is 25.4 Å². The number of aryl methyl sites for hydroxylation is 1. The number of rotatable bonds is 5. The highest BCUT2D eigenvalue weighted by molar-refractivity contribution is 6.30. The van der Waals surface area contributed by atoms with E-state index in [0.717, 1.165) is 5.56 Å². The molecule has 0 bridgehead atoms. The average Bonchev–Trinajstić information content (AvgIpc) is 3.09. The average molecular weight is 357 g/mol. The predicted molar refractivity (Wildman–Crippen MR) is 92.1 cm³/mol. The molecule has 0 saturated carbocycles. The van der Waals surface area contributed by atoms with Crippen LogP contribution in [0.1, 0.15) is 24.1 Å². The van der Waals surface area contributed by atoms with Crippen LogP contribution in [0.3, 0.4) is 0 Å². The van der Waals surface area contributed by atoms with Gasteiger partial charge in [-0.05, 0) is 24.1 Å². The smallest absolute Gasteiger partial charge is 0.251 e. The maximum atomic E-state index is 12.4. The number of ether oxygens (including phenoxy) is 1. The minimum absolute atomic E-state index is 0.0886. The second-order valence-corrected chi connectivity index (χ2v) is 6.26. The van der Waals surface area contributed by atoms with Crippen molar-refractivity contribution in [3.8, 4) is 11.9 Å². The first-order valence-electron chi connectivity index (χ1n) is 8.05. The van der Waals surface area contributed by atoms with Crippen molar-refractivity contribution in [3.63, 3.8) is 0 Å². The minimum atomic E-state index is -0.168. The molecule has 1 saturated heterocycles. The summed E-state index contributed by atoms with van der Waals surface area (Å²) in [5.74, 6) is 0.314. The van der Waals surface area contributed by atoms with Gasteiger partial charge in [-0.3, -0.25) is 4.79 Å². The van der Waals surface area contributed by atoms with Gasteiger partial charge in [-0.15, -0.1) is 0 Å². The summed E-state index contributed by atoms with van der Waals surface area (Å²) in [6.45, 7) is 1.14. The minimum Gasteiger partial charge on any atom is -0.470 e. The maximum Gasteiger partial charge on any atom is 0.251 e. The van der Waals surface area contributed by atoms with Gasteiger partial charge in [0.15, 0.2) is 0 Å². The number of nitrogens with zero attached hydrogens (tertiary/aromatic N) is 4. The van der Waals surface area contributed by atoms with Gasteiger partial charge in [0.2, 0.25) is 11.6 Å². The van der Waals surface area contributed by atoms with Gasteiger partial charge in [0, 0.05) is 36.8 Å². The first kappa shape index (κ1) is 17.2. The van der Waals surface area contributed by atoms with Crippen molar-refractivity contribution < 1.29 is 9.53 Å².